The summed E-state index contributed by atoms with van der Waals surface area (Å²) in [4.78, 5) is 1.87. The highest BCUT2D eigenvalue weighted by molar-refractivity contribution is 8.13. The number of nitrogens with zero attached hydrogens (tertiary/aromatic N) is 4. The van der Waals surface area contributed by atoms with Crippen LogP contribution in [0.2, 0.25) is 0 Å². The molecule has 0 N–H and O–H groups in total. The third-order valence-electron chi connectivity index (χ3n) is 2.39. The molecule has 19 heavy (non-hydrogen) atoms. The number of aromatic nitrogens is 3. The van der Waals surface area contributed by atoms with Gasteiger partial charge in [0.2, 0.25) is 0 Å². The van der Waals surface area contributed by atoms with Crippen LogP contribution in [0.15, 0.2) is 35.5 Å². The van der Waals surface area contributed by atoms with Gasteiger partial charge >= 0.3 is 0 Å². The minimum Gasteiger partial charge on any atom is -0.302 e. The van der Waals surface area contributed by atoms with Gasteiger partial charge in [-0.25, -0.2) is 8.42 Å². The van der Waals surface area contributed by atoms with Crippen LogP contribution in [0.25, 0.3) is 5.69 Å². The first-order valence-corrected chi connectivity index (χ1v) is 7.79. The molecule has 0 saturated heterocycles. The molecule has 0 aliphatic carbocycles. The Bertz CT molecular complexity index is 667. The van der Waals surface area contributed by atoms with E-state index in [0.29, 0.717) is 18.1 Å². The maximum atomic E-state index is 11.6. The molecule has 0 bridgehead atoms. The first-order chi connectivity index (χ1) is 8.89. The summed E-state index contributed by atoms with van der Waals surface area (Å²) >= 11 is 0. The first kappa shape index (κ1) is 14.0. The van der Waals surface area contributed by atoms with Crippen molar-refractivity contribution in [3.05, 3.63) is 36.2 Å². The van der Waals surface area contributed by atoms with Crippen LogP contribution in [0.1, 0.15) is 5.82 Å². The van der Waals surface area contributed by atoms with Crippen molar-refractivity contribution in [2.75, 3.05) is 14.1 Å². The Morgan fingerprint density at radius 3 is 2.37 bits per heavy atom. The summed E-state index contributed by atoms with van der Waals surface area (Å²) in [6.45, 7) is 0.453. The summed E-state index contributed by atoms with van der Waals surface area (Å²) in [6, 6.07) is 9.00. The average Bonchev–Trinajstić information content (AvgIpc) is 2.72. The largest absolute Gasteiger partial charge is 0.302 e. The molecule has 0 saturated carbocycles. The Morgan fingerprint density at radius 1 is 1.21 bits per heavy atom. The number of hydrogen-bond acceptors (Lipinski definition) is 5. The van der Waals surface area contributed by atoms with Gasteiger partial charge in [-0.2, -0.15) is 0 Å². The predicted molar refractivity (Wildman–Crippen MR) is 71.8 cm³/mol. The summed E-state index contributed by atoms with van der Waals surface area (Å²) in [5.74, 6) is 0.510. The van der Waals surface area contributed by atoms with Gasteiger partial charge in [-0.3, -0.25) is 4.57 Å². The zero-order chi connectivity index (χ0) is 14.0. The van der Waals surface area contributed by atoms with Crippen molar-refractivity contribution in [2.45, 2.75) is 11.7 Å². The van der Waals surface area contributed by atoms with Crippen molar-refractivity contribution in [3.63, 3.8) is 0 Å². The smallest absolute Gasteiger partial charge is 0.297 e. The molecular weight excluding hydrogens is 288 g/mol. The summed E-state index contributed by atoms with van der Waals surface area (Å²) in [6.07, 6.45) is 0. The Balaban J connectivity index is 2.63. The van der Waals surface area contributed by atoms with Crippen LogP contribution < -0.4 is 0 Å². The standard InChI is InChI=1S/C11H13ClN4O2S/c1-15(2)8-10-13-14-11(19(12,17)18)16(10)9-6-4-3-5-7-9/h3-7H,8H2,1-2H3. The van der Waals surface area contributed by atoms with E-state index in [1.807, 2.05) is 25.1 Å². The maximum Gasteiger partial charge on any atom is 0.297 e. The molecule has 2 aromatic rings. The van der Waals surface area contributed by atoms with Crippen molar-refractivity contribution in [2.24, 2.45) is 0 Å². The zero-order valence-corrected chi connectivity index (χ0v) is 12.1. The topological polar surface area (TPSA) is 68.1 Å². The van der Waals surface area contributed by atoms with E-state index in [1.54, 1.807) is 24.3 Å². The highest BCUT2D eigenvalue weighted by Crippen LogP contribution is 2.20. The number of benzene rings is 1. The second kappa shape index (κ2) is 5.28. The maximum absolute atomic E-state index is 11.6. The lowest BCUT2D eigenvalue weighted by atomic mass is 10.3. The summed E-state index contributed by atoms with van der Waals surface area (Å²) in [7, 11) is 5.17. The lowest BCUT2D eigenvalue weighted by molar-refractivity contribution is 0.386. The van der Waals surface area contributed by atoms with E-state index < -0.39 is 9.05 Å². The van der Waals surface area contributed by atoms with Crippen LogP contribution >= 0.6 is 10.7 Å². The van der Waals surface area contributed by atoms with Gasteiger partial charge in [0.15, 0.2) is 5.82 Å². The van der Waals surface area contributed by atoms with Gasteiger partial charge < -0.3 is 4.90 Å². The quantitative estimate of drug-likeness (QED) is 0.795. The van der Waals surface area contributed by atoms with Gasteiger partial charge in [0.05, 0.1) is 6.54 Å². The van der Waals surface area contributed by atoms with Crippen molar-refractivity contribution in [1.82, 2.24) is 19.7 Å². The number of hydrogen-bond donors (Lipinski definition) is 0. The number of halogens is 1. The fourth-order valence-electron chi connectivity index (χ4n) is 1.68. The van der Waals surface area contributed by atoms with E-state index in [2.05, 4.69) is 10.2 Å². The molecule has 0 unspecified atom stereocenters. The Morgan fingerprint density at radius 2 is 1.84 bits per heavy atom. The molecule has 0 atom stereocenters. The minimum atomic E-state index is -3.95. The third kappa shape index (κ3) is 3.12. The normalized spacial score (nSPS) is 12.0. The number of rotatable bonds is 4. The highest BCUT2D eigenvalue weighted by atomic mass is 35.7. The molecule has 0 spiro atoms. The second-order valence-electron chi connectivity index (χ2n) is 4.25. The third-order valence-corrected chi connectivity index (χ3v) is 3.50. The zero-order valence-electron chi connectivity index (χ0n) is 10.5. The van der Waals surface area contributed by atoms with Crippen LogP contribution in [-0.4, -0.2) is 42.2 Å². The molecule has 0 radical (unpaired) electrons. The van der Waals surface area contributed by atoms with Crippen molar-refractivity contribution in [3.8, 4) is 5.69 Å². The average molecular weight is 301 g/mol. The molecule has 0 aliphatic rings. The molecule has 2 rings (SSSR count). The van der Waals surface area contributed by atoms with E-state index in [0.717, 1.165) is 0 Å². The molecule has 0 amide bonds. The monoisotopic (exact) mass is 300 g/mol. The van der Waals surface area contributed by atoms with Crippen LogP contribution in [-0.2, 0) is 15.6 Å². The fraction of sp³-hybridized carbons (Fsp3) is 0.273. The molecule has 1 aromatic heterocycles. The Labute approximate surface area is 116 Å². The van der Waals surface area contributed by atoms with Crippen LogP contribution in [0.4, 0.5) is 0 Å². The van der Waals surface area contributed by atoms with E-state index in [4.69, 9.17) is 10.7 Å². The molecule has 0 fully saturated rings. The van der Waals surface area contributed by atoms with E-state index in [-0.39, 0.29) is 5.16 Å². The van der Waals surface area contributed by atoms with E-state index >= 15 is 0 Å². The molecular formula is C11H13ClN4O2S. The molecule has 8 heteroatoms. The van der Waals surface area contributed by atoms with Gasteiger partial charge in [-0.1, -0.05) is 18.2 Å². The SMILES string of the molecule is CN(C)Cc1nnc(S(=O)(=O)Cl)n1-c1ccccc1. The van der Waals surface area contributed by atoms with Crippen LogP contribution in [0.5, 0.6) is 0 Å². The Kier molecular flexibility index (Phi) is 3.88. The Hall–Kier alpha value is -1.44. The molecule has 1 heterocycles. The second-order valence-corrected chi connectivity index (χ2v) is 6.71. The summed E-state index contributed by atoms with van der Waals surface area (Å²) < 4.78 is 24.6. The number of para-hydroxylation sites is 1. The van der Waals surface area contributed by atoms with Gasteiger partial charge in [0.1, 0.15) is 0 Å². The molecule has 0 aliphatic heterocycles. The van der Waals surface area contributed by atoms with Gasteiger partial charge in [-0.15, -0.1) is 10.2 Å². The highest BCUT2D eigenvalue weighted by Gasteiger charge is 2.23. The molecule has 1 aromatic carbocycles. The van der Waals surface area contributed by atoms with Crippen molar-refractivity contribution < 1.29 is 8.42 Å². The molecule has 102 valence electrons. The minimum absolute atomic E-state index is 0.266. The lowest BCUT2D eigenvalue weighted by Crippen LogP contribution is -2.16. The first-order valence-electron chi connectivity index (χ1n) is 5.48. The van der Waals surface area contributed by atoms with E-state index in [9.17, 15) is 8.42 Å². The van der Waals surface area contributed by atoms with Crippen LogP contribution in [0, 0.1) is 0 Å². The van der Waals surface area contributed by atoms with Gasteiger partial charge in [0.25, 0.3) is 14.2 Å². The summed E-state index contributed by atoms with van der Waals surface area (Å²) in [5, 5.41) is 7.32. The van der Waals surface area contributed by atoms with Crippen molar-refractivity contribution >= 4 is 19.7 Å². The van der Waals surface area contributed by atoms with Crippen LogP contribution in [0.3, 0.4) is 0 Å². The predicted octanol–water partition coefficient (Wildman–Crippen LogP) is 1.26. The lowest BCUT2D eigenvalue weighted by Gasteiger charge is -2.12. The molecule has 6 nitrogen and oxygen atoms in total. The van der Waals surface area contributed by atoms with Gasteiger partial charge in [0, 0.05) is 16.4 Å². The summed E-state index contributed by atoms with van der Waals surface area (Å²) in [5.41, 5.74) is 0.656. The van der Waals surface area contributed by atoms with Gasteiger partial charge in [-0.05, 0) is 26.2 Å². The van der Waals surface area contributed by atoms with Crippen molar-refractivity contribution in [1.29, 1.82) is 0 Å². The fourth-order valence-corrected chi connectivity index (χ4v) is 2.55. The van der Waals surface area contributed by atoms with E-state index in [1.165, 1.54) is 4.57 Å².